The Morgan fingerprint density at radius 1 is 0.649 bits per heavy atom. The maximum absolute atomic E-state index is 12.2. The predicted octanol–water partition coefficient (Wildman–Crippen LogP) is 10.5. The van der Waals surface area contributed by atoms with E-state index in [1.54, 1.807) is 0 Å². The minimum absolute atomic E-state index is 0.224. The Hall–Kier alpha value is -3.07. The molecule has 0 amide bonds. The molecule has 0 saturated carbocycles. The van der Waals surface area contributed by atoms with Crippen molar-refractivity contribution < 1.29 is 14.3 Å². The number of benzene rings is 4. The van der Waals surface area contributed by atoms with Crippen LogP contribution in [0.4, 0.5) is 4.79 Å². The Morgan fingerprint density at radius 3 is 1.97 bits per heavy atom. The van der Waals surface area contributed by atoms with Crippen molar-refractivity contribution in [1.29, 1.82) is 0 Å². The van der Waals surface area contributed by atoms with Crippen LogP contribution in [0.25, 0.3) is 32.3 Å². The van der Waals surface area contributed by atoms with Crippen molar-refractivity contribution in [3.63, 3.8) is 0 Å². The van der Waals surface area contributed by atoms with Crippen LogP contribution in [-0.2, 0) is 16.1 Å². The molecule has 3 heteroatoms. The molecule has 0 unspecified atom stereocenters. The number of hydrogen-bond donors (Lipinski definition) is 0. The number of ether oxygens (including phenoxy) is 2. The first-order valence-electron chi connectivity index (χ1n) is 14.4. The maximum Gasteiger partial charge on any atom is 0.508 e. The highest BCUT2D eigenvalue weighted by Gasteiger charge is 2.12. The molecule has 0 aliphatic rings. The second-order valence-electron chi connectivity index (χ2n) is 10.2. The fourth-order valence-corrected chi connectivity index (χ4v) is 5.24. The van der Waals surface area contributed by atoms with Crippen molar-refractivity contribution in [2.24, 2.45) is 0 Å². The molecule has 0 aliphatic carbocycles. The average Bonchev–Trinajstić information content (AvgIpc) is 2.93. The summed E-state index contributed by atoms with van der Waals surface area (Å²) in [6.07, 6.45) is 18.9. The lowest BCUT2D eigenvalue weighted by Gasteiger charge is -2.14. The Balaban J connectivity index is 1.09. The van der Waals surface area contributed by atoms with Gasteiger partial charge in [0.1, 0.15) is 6.61 Å². The first-order chi connectivity index (χ1) is 18.3. The van der Waals surface area contributed by atoms with Gasteiger partial charge in [0.25, 0.3) is 0 Å². The number of carbonyl (C=O) groups is 1. The number of allylic oxidation sites excluding steroid dienone is 2. The molecule has 4 aromatic carbocycles. The van der Waals surface area contributed by atoms with Gasteiger partial charge >= 0.3 is 6.16 Å². The lowest BCUT2D eigenvalue weighted by atomic mass is 9.92. The Labute approximate surface area is 222 Å². The van der Waals surface area contributed by atoms with Gasteiger partial charge in [-0.1, -0.05) is 125 Å². The Kier molecular flexibility index (Phi) is 10.7. The monoisotopic (exact) mass is 498 g/mol. The summed E-state index contributed by atoms with van der Waals surface area (Å²) in [5, 5.41) is 7.33. The molecule has 0 aromatic heterocycles. The molecular weight excluding hydrogens is 456 g/mol. The summed E-state index contributed by atoms with van der Waals surface area (Å²) in [4.78, 5) is 12.2. The van der Waals surface area contributed by atoms with Gasteiger partial charge in [-0.15, -0.1) is 0 Å². The molecule has 0 heterocycles. The average molecular weight is 499 g/mol. The topological polar surface area (TPSA) is 35.5 Å². The smallest absolute Gasteiger partial charge is 0.434 e. The molecule has 196 valence electrons. The van der Waals surface area contributed by atoms with Gasteiger partial charge in [-0.25, -0.2) is 4.79 Å². The maximum atomic E-state index is 12.2. The van der Waals surface area contributed by atoms with Crippen molar-refractivity contribution in [1.82, 2.24) is 0 Å². The lowest BCUT2D eigenvalue weighted by molar-refractivity contribution is 0.0490. The van der Waals surface area contributed by atoms with E-state index in [1.807, 2.05) is 0 Å². The van der Waals surface area contributed by atoms with E-state index in [0.29, 0.717) is 6.61 Å². The van der Waals surface area contributed by atoms with Gasteiger partial charge in [0, 0.05) is 0 Å². The zero-order valence-electron chi connectivity index (χ0n) is 22.5. The molecular formula is C34H42O3. The highest BCUT2D eigenvalue weighted by molar-refractivity contribution is 6.23. The van der Waals surface area contributed by atoms with E-state index in [2.05, 4.69) is 73.7 Å². The summed E-state index contributed by atoms with van der Waals surface area (Å²) in [6, 6.07) is 19.2. The second kappa shape index (κ2) is 14.6. The van der Waals surface area contributed by atoms with Gasteiger partial charge in [0.2, 0.25) is 0 Å². The van der Waals surface area contributed by atoms with E-state index < -0.39 is 6.16 Å². The van der Waals surface area contributed by atoms with Gasteiger partial charge in [-0.05, 0) is 63.6 Å². The van der Waals surface area contributed by atoms with E-state index in [-0.39, 0.29) is 6.61 Å². The number of carbonyl (C=O) groups excluding carboxylic acids is 1. The molecule has 0 radical (unpaired) electrons. The van der Waals surface area contributed by atoms with Gasteiger partial charge in [0.15, 0.2) is 0 Å². The summed E-state index contributed by atoms with van der Waals surface area (Å²) in [5.41, 5.74) is 1.01. The van der Waals surface area contributed by atoms with E-state index >= 15 is 0 Å². The first kappa shape index (κ1) is 27.0. The van der Waals surface area contributed by atoms with E-state index in [1.165, 1.54) is 91.1 Å². The third-order valence-electron chi connectivity index (χ3n) is 7.34. The van der Waals surface area contributed by atoms with Crippen LogP contribution in [0, 0.1) is 0 Å². The largest absolute Gasteiger partial charge is 0.508 e. The molecule has 0 aliphatic heterocycles. The summed E-state index contributed by atoms with van der Waals surface area (Å²) >= 11 is 0. The molecule has 0 fully saturated rings. The van der Waals surface area contributed by atoms with Gasteiger partial charge < -0.3 is 9.47 Å². The second-order valence-corrected chi connectivity index (χ2v) is 10.2. The number of unbranched alkanes of at least 4 members (excludes halogenated alkanes) is 10. The van der Waals surface area contributed by atoms with Crippen molar-refractivity contribution in [2.45, 2.75) is 90.6 Å². The number of hydrogen-bond acceptors (Lipinski definition) is 3. The lowest BCUT2D eigenvalue weighted by Crippen LogP contribution is -2.08. The van der Waals surface area contributed by atoms with Crippen LogP contribution >= 0.6 is 0 Å². The molecule has 3 nitrogen and oxygen atoms in total. The molecule has 0 bridgehead atoms. The SMILES string of the molecule is CCCC/C=C\CCCCCCCCCCOC(=O)OCc1ccc2ccc3cccc4ccc1c2c34. The molecule has 37 heavy (non-hydrogen) atoms. The van der Waals surface area contributed by atoms with Crippen LogP contribution in [0.5, 0.6) is 0 Å². The van der Waals surface area contributed by atoms with Crippen LogP contribution in [0.3, 0.4) is 0 Å². The fraction of sp³-hybridized carbons (Fsp3) is 0.441. The molecule has 4 rings (SSSR count). The molecule has 0 saturated heterocycles. The molecule has 0 spiro atoms. The van der Waals surface area contributed by atoms with Crippen molar-refractivity contribution in [3.8, 4) is 0 Å². The normalized spacial score (nSPS) is 11.8. The van der Waals surface area contributed by atoms with Gasteiger partial charge in [-0.2, -0.15) is 0 Å². The van der Waals surface area contributed by atoms with Crippen molar-refractivity contribution in [3.05, 3.63) is 72.3 Å². The molecule has 4 aromatic rings. The number of rotatable bonds is 16. The Bertz CT molecular complexity index is 1260. The zero-order valence-corrected chi connectivity index (χ0v) is 22.5. The fourth-order valence-electron chi connectivity index (χ4n) is 5.24. The predicted molar refractivity (Wildman–Crippen MR) is 157 cm³/mol. The van der Waals surface area contributed by atoms with Crippen LogP contribution < -0.4 is 0 Å². The van der Waals surface area contributed by atoms with Crippen LogP contribution in [-0.4, -0.2) is 12.8 Å². The minimum Gasteiger partial charge on any atom is -0.434 e. The zero-order chi connectivity index (χ0) is 25.7. The molecule has 0 atom stereocenters. The van der Waals surface area contributed by atoms with Crippen molar-refractivity contribution >= 4 is 38.5 Å². The van der Waals surface area contributed by atoms with E-state index in [9.17, 15) is 4.79 Å². The highest BCUT2D eigenvalue weighted by Crippen LogP contribution is 2.36. The van der Waals surface area contributed by atoms with Crippen LogP contribution in [0.2, 0.25) is 0 Å². The summed E-state index contributed by atoms with van der Waals surface area (Å²) in [7, 11) is 0. The standard InChI is InChI=1S/C34H42O3/c1-2-3-4-5-6-7-8-9-10-11-12-13-14-15-25-36-34(35)37-26-30-22-21-29-20-19-27-17-16-18-28-23-24-31(30)33(29)32(27)28/h5-6,16-24H,2-4,7-15,25-26H2,1H3/b6-5-. The van der Waals surface area contributed by atoms with E-state index in [0.717, 1.165) is 23.8 Å². The minimum atomic E-state index is -0.575. The molecule has 0 N–H and O–H groups in total. The van der Waals surface area contributed by atoms with Gasteiger partial charge in [-0.3, -0.25) is 0 Å². The Morgan fingerprint density at radius 2 is 1.24 bits per heavy atom. The summed E-state index contributed by atoms with van der Waals surface area (Å²) < 4.78 is 10.8. The highest BCUT2D eigenvalue weighted by atomic mass is 16.7. The third-order valence-corrected chi connectivity index (χ3v) is 7.34. The summed E-state index contributed by atoms with van der Waals surface area (Å²) in [5.74, 6) is 0. The van der Waals surface area contributed by atoms with E-state index in [4.69, 9.17) is 9.47 Å². The van der Waals surface area contributed by atoms with Crippen LogP contribution in [0.15, 0.2) is 66.7 Å². The third kappa shape index (κ3) is 7.71. The van der Waals surface area contributed by atoms with Crippen molar-refractivity contribution in [2.75, 3.05) is 6.61 Å². The van der Waals surface area contributed by atoms with Crippen LogP contribution in [0.1, 0.15) is 89.5 Å². The first-order valence-corrected chi connectivity index (χ1v) is 14.4. The summed E-state index contributed by atoms with van der Waals surface area (Å²) in [6.45, 7) is 2.90. The quantitative estimate of drug-likeness (QED) is 0.0667. The van der Waals surface area contributed by atoms with Gasteiger partial charge in [0.05, 0.1) is 6.61 Å².